The third-order valence-electron chi connectivity index (χ3n) is 7.39. The summed E-state index contributed by atoms with van der Waals surface area (Å²) < 4.78 is 0. The molecule has 1 spiro atoms. The van der Waals surface area contributed by atoms with Crippen molar-refractivity contribution in [3.8, 4) is 0 Å². The maximum atomic E-state index is 13.7. The third-order valence-corrected chi connectivity index (χ3v) is 7.83. The van der Waals surface area contributed by atoms with Crippen molar-refractivity contribution in [2.24, 2.45) is 5.92 Å². The lowest BCUT2D eigenvalue weighted by atomic mass is 9.84. The molecule has 8 heteroatoms. The van der Waals surface area contributed by atoms with E-state index >= 15 is 0 Å². The van der Waals surface area contributed by atoms with Crippen molar-refractivity contribution in [2.45, 2.75) is 81.9 Å². The molecule has 3 heterocycles. The lowest BCUT2D eigenvalue weighted by Crippen LogP contribution is -2.71. The highest BCUT2D eigenvalue weighted by Gasteiger charge is 2.57. The van der Waals surface area contributed by atoms with E-state index in [1.807, 2.05) is 18.7 Å². The average molecular weight is 426 g/mol. The molecule has 0 bridgehead atoms. The summed E-state index contributed by atoms with van der Waals surface area (Å²) in [5.74, 6) is 0.708. The van der Waals surface area contributed by atoms with E-state index in [0.717, 1.165) is 58.0 Å². The van der Waals surface area contributed by atoms with Gasteiger partial charge in [-0.25, -0.2) is 5.43 Å². The van der Waals surface area contributed by atoms with Crippen molar-refractivity contribution in [2.75, 3.05) is 32.7 Å². The number of rotatable bonds is 4. The SMILES string of the molecule is CC(C)N1CC(=O)N(CC2CCC(Cl)CC2)C2(CCN(C3CCCNN3)C2)C1=O. The molecule has 0 aromatic heterocycles. The summed E-state index contributed by atoms with van der Waals surface area (Å²) in [6, 6.07) is 0.0423. The Bertz CT molecular complexity index is 618. The van der Waals surface area contributed by atoms with Crippen LogP contribution in [0.2, 0.25) is 0 Å². The summed E-state index contributed by atoms with van der Waals surface area (Å²) in [6.07, 6.45) is 7.27. The second-order valence-electron chi connectivity index (χ2n) is 9.63. The number of nitrogens with one attached hydrogen (secondary N) is 2. The maximum Gasteiger partial charge on any atom is 0.250 e. The number of piperazine rings is 1. The molecule has 29 heavy (non-hydrogen) atoms. The monoisotopic (exact) mass is 425 g/mol. The Morgan fingerprint density at radius 2 is 1.93 bits per heavy atom. The molecule has 4 aliphatic rings. The molecule has 0 radical (unpaired) electrons. The van der Waals surface area contributed by atoms with Crippen LogP contribution in [0.3, 0.4) is 0 Å². The summed E-state index contributed by atoms with van der Waals surface area (Å²) in [5, 5.41) is 0.266. The zero-order chi connectivity index (χ0) is 20.6. The number of carbonyl (C=O) groups excluding carboxylic acids is 2. The zero-order valence-electron chi connectivity index (χ0n) is 17.8. The van der Waals surface area contributed by atoms with Crippen molar-refractivity contribution >= 4 is 23.4 Å². The van der Waals surface area contributed by atoms with Gasteiger partial charge in [-0.2, -0.15) is 0 Å². The van der Waals surface area contributed by atoms with E-state index in [1.165, 1.54) is 0 Å². The molecule has 2 amide bonds. The van der Waals surface area contributed by atoms with Crippen LogP contribution in [-0.2, 0) is 9.59 Å². The van der Waals surface area contributed by atoms with Gasteiger partial charge in [0.2, 0.25) is 5.91 Å². The molecule has 1 saturated carbocycles. The molecule has 164 valence electrons. The Balaban J connectivity index is 1.56. The Morgan fingerprint density at radius 1 is 1.17 bits per heavy atom. The Morgan fingerprint density at radius 3 is 2.59 bits per heavy atom. The molecule has 2 unspecified atom stereocenters. The standard InChI is InChI=1S/C21H36ClN5O2/c1-15(2)26-13-19(28)27(12-16-5-7-17(22)8-6-16)21(20(26)29)9-11-25(14-21)18-4-3-10-23-24-18/h15-18,23-24H,3-14H2,1-2H3. The van der Waals surface area contributed by atoms with Crippen LogP contribution in [-0.4, -0.2) is 82.4 Å². The van der Waals surface area contributed by atoms with Gasteiger partial charge in [0, 0.05) is 37.6 Å². The second kappa shape index (κ2) is 8.69. The predicted molar refractivity (Wildman–Crippen MR) is 113 cm³/mol. The first-order valence-electron chi connectivity index (χ1n) is 11.4. The fourth-order valence-corrected chi connectivity index (χ4v) is 5.84. The minimum absolute atomic E-state index is 0.0423. The molecule has 0 aromatic carbocycles. The van der Waals surface area contributed by atoms with E-state index in [4.69, 9.17) is 11.6 Å². The van der Waals surface area contributed by atoms with Gasteiger partial charge in [-0.15, -0.1) is 11.6 Å². The van der Waals surface area contributed by atoms with Gasteiger partial charge in [0.25, 0.3) is 5.91 Å². The quantitative estimate of drug-likeness (QED) is 0.668. The highest BCUT2D eigenvalue weighted by molar-refractivity contribution is 6.20. The maximum absolute atomic E-state index is 13.7. The van der Waals surface area contributed by atoms with Gasteiger partial charge >= 0.3 is 0 Å². The van der Waals surface area contributed by atoms with E-state index < -0.39 is 5.54 Å². The summed E-state index contributed by atoms with van der Waals surface area (Å²) in [4.78, 5) is 33.2. The van der Waals surface area contributed by atoms with Crippen LogP contribution >= 0.6 is 11.6 Å². The number of likely N-dealkylation sites (tertiary alicyclic amines) is 1. The molecule has 7 nitrogen and oxygen atoms in total. The number of alkyl halides is 1. The number of carbonyl (C=O) groups is 2. The molecular formula is C21H36ClN5O2. The fourth-order valence-electron chi connectivity index (χ4n) is 5.58. The molecule has 1 aliphatic carbocycles. The largest absolute Gasteiger partial charge is 0.329 e. The molecule has 2 atom stereocenters. The first-order chi connectivity index (χ1) is 13.9. The minimum Gasteiger partial charge on any atom is -0.329 e. The zero-order valence-corrected chi connectivity index (χ0v) is 18.6. The number of hydrazine groups is 1. The predicted octanol–water partition coefficient (Wildman–Crippen LogP) is 1.52. The molecular weight excluding hydrogens is 390 g/mol. The first kappa shape index (κ1) is 21.3. The van der Waals surface area contributed by atoms with Crippen molar-refractivity contribution in [1.82, 2.24) is 25.6 Å². The van der Waals surface area contributed by atoms with Crippen molar-refractivity contribution < 1.29 is 9.59 Å². The molecule has 0 aromatic rings. The smallest absolute Gasteiger partial charge is 0.250 e. The van der Waals surface area contributed by atoms with Crippen LogP contribution in [0.4, 0.5) is 0 Å². The van der Waals surface area contributed by atoms with Crippen LogP contribution < -0.4 is 10.9 Å². The molecule has 3 saturated heterocycles. The van der Waals surface area contributed by atoms with Crippen molar-refractivity contribution in [3.05, 3.63) is 0 Å². The highest BCUT2D eigenvalue weighted by atomic mass is 35.5. The van der Waals surface area contributed by atoms with E-state index in [1.54, 1.807) is 4.90 Å². The molecule has 4 fully saturated rings. The topological polar surface area (TPSA) is 67.9 Å². The lowest BCUT2D eigenvalue weighted by Gasteiger charge is -2.50. The van der Waals surface area contributed by atoms with E-state index in [2.05, 4.69) is 15.8 Å². The van der Waals surface area contributed by atoms with Gasteiger partial charge in [-0.3, -0.25) is 19.9 Å². The van der Waals surface area contributed by atoms with Gasteiger partial charge < -0.3 is 9.80 Å². The van der Waals surface area contributed by atoms with E-state index in [9.17, 15) is 9.59 Å². The number of halogens is 1. The van der Waals surface area contributed by atoms with Crippen molar-refractivity contribution in [3.63, 3.8) is 0 Å². The first-order valence-corrected chi connectivity index (χ1v) is 11.8. The summed E-state index contributed by atoms with van der Waals surface area (Å²) in [7, 11) is 0. The van der Waals surface area contributed by atoms with Gasteiger partial charge in [0.05, 0.1) is 6.17 Å². The minimum atomic E-state index is -0.712. The molecule has 3 aliphatic heterocycles. The third kappa shape index (κ3) is 4.16. The van der Waals surface area contributed by atoms with Crippen molar-refractivity contribution in [1.29, 1.82) is 0 Å². The van der Waals surface area contributed by atoms with Gasteiger partial charge in [-0.1, -0.05) is 0 Å². The summed E-state index contributed by atoms with van der Waals surface area (Å²) in [6.45, 7) is 7.38. The molecule has 4 rings (SSSR count). The fraction of sp³-hybridized carbons (Fsp3) is 0.905. The molecule has 2 N–H and O–H groups in total. The normalized spacial score (nSPS) is 37.2. The number of nitrogens with zero attached hydrogens (tertiary/aromatic N) is 3. The van der Waals surface area contributed by atoms with E-state index in [0.29, 0.717) is 19.0 Å². The number of amides is 2. The Labute approximate surface area is 179 Å². The van der Waals surface area contributed by atoms with Crippen LogP contribution in [0.25, 0.3) is 0 Å². The summed E-state index contributed by atoms with van der Waals surface area (Å²) in [5.41, 5.74) is 5.92. The average Bonchev–Trinajstić information content (AvgIpc) is 3.16. The van der Waals surface area contributed by atoms with Crippen LogP contribution in [0.15, 0.2) is 0 Å². The van der Waals surface area contributed by atoms with Gasteiger partial charge in [-0.05, 0) is 64.7 Å². The highest BCUT2D eigenvalue weighted by Crippen LogP contribution is 2.38. The lowest BCUT2D eigenvalue weighted by molar-refractivity contribution is -0.167. The Hall–Kier alpha value is -0.890. The summed E-state index contributed by atoms with van der Waals surface area (Å²) >= 11 is 6.30. The van der Waals surface area contributed by atoms with Crippen LogP contribution in [0.5, 0.6) is 0 Å². The van der Waals surface area contributed by atoms with Gasteiger partial charge in [0.15, 0.2) is 0 Å². The number of hydrogen-bond acceptors (Lipinski definition) is 5. The van der Waals surface area contributed by atoms with Crippen LogP contribution in [0.1, 0.15) is 58.8 Å². The van der Waals surface area contributed by atoms with Gasteiger partial charge in [0.1, 0.15) is 12.1 Å². The second-order valence-corrected chi connectivity index (χ2v) is 10.2. The number of hydrogen-bond donors (Lipinski definition) is 2. The van der Waals surface area contributed by atoms with Crippen LogP contribution in [0, 0.1) is 5.92 Å². The Kier molecular flexibility index (Phi) is 6.40. The van der Waals surface area contributed by atoms with E-state index in [-0.39, 0.29) is 35.9 Å².